The van der Waals surface area contributed by atoms with Crippen molar-refractivity contribution in [2.24, 2.45) is 0 Å². The molecule has 140 valence electrons. The van der Waals surface area contributed by atoms with E-state index in [1.807, 2.05) is 35.7 Å². The van der Waals surface area contributed by atoms with Crippen LogP contribution in [0, 0.1) is 6.92 Å². The summed E-state index contributed by atoms with van der Waals surface area (Å²) in [7, 11) is 2.05. The molecule has 7 heteroatoms. The summed E-state index contributed by atoms with van der Waals surface area (Å²) >= 11 is 0. The third-order valence-electron chi connectivity index (χ3n) is 5.50. The Balaban J connectivity index is 1.63. The van der Waals surface area contributed by atoms with Gasteiger partial charge in [-0.1, -0.05) is 6.92 Å². The molecule has 1 aliphatic rings. The van der Waals surface area contributed by atoms with E-state index < -0.39 is 0 Å². The molecular weight excluding hydrogens is 328 g/mol. The fourth-order valence-electron chi connectivity index (χ4n) is 3.55. The lowest BCUT2D eigenvalue weighted by Gasteiger charge is -2.37. The van der Waals surface area contributed by atoms with Crippen LogP contribution in [0.25, 0.3) is 0 Å². The molecule has 1 atom stereocenters. The summed E-state index contributed by atoms with van der Waals surface area (Å²) in [6, 6.07) is 4.55. The maximum absolute atomic E-state index is 12.9. The second kappa shape index (κ2) is 7.85. The highest BCUT2D eigenvalue weighted by Crippen LogP contribution is 2.23. The van der Waals surface area contributed by atoms with Crippen molar-refractivity contribution in [1.82, 2.24) is 24.9 Å². The van der Waals surface area contributed by atoms with Crippen molar-refractivity contribution in [3.05, 3.63) is 35.8 Å². The van der Waals surface area contributed by atoms with Gasteiger partial charge in [0, 0.05) is 44.1 Å². The van der Waals surface area contributed by atoms with E-state index in [2.05, 4.69) is 34.0 Å². The quantitative estimate of drug-likeness (QED) is 0.824. The average molecular weight is 356 g/mol. The normalized spacial score (nSPS) is 16.5. The van der Waals surface area contributed by atoms with Crippen molar-refractivity contribution in [2.75, 3.05) is 25.0 Å². The molecule has 2 aromatic rings. The van der Waals surface area contributed by atoms with Crippen LogP contribution in [0.15, 0.2) is 24.5 Å². The summed E-state index contributed by atoms with van der Waals surface area (Å²) in [6.07, 6.45) is 6.26. The largest absolute Gasteiger partial charge is 0.355 e. The van der Waals surface area contributed by atoms with Crippen LogP contribution in [0.4, 0.5) is 5.82 Å². The molecule has 26 heavy (non-hydrogen) atoms. The second-order valence-corrected chi connectivity index (χ2v) is 7.06. The molecule has 1 aliphatic heterocycles. The van der Waals surface area contributed by atoms with Gasteiger partial charge in [0.1, 0.15) is 0 Å². The van der Waals surface area contributed by atoms with E-state index in [0.717, 1.165) is 49.4 Å². The van der Waals surface area contributed by atoms with Crippen molar-refractivity contribution >= 4 is 11.7 Å². The molecule has 7 nitrogen and oxygen atoms in total. The SMILES string of the molecule is CCC(C)n1ncc(C(=O)N2CCC(N(C)c3cccnn3)CC2)c1C. The first-order valence-corrected chi connectivity index (χ1v) is 9.36. The number of nitrogens with zero attached hydrogens (tertiary/aromatic N) is 6. The first-order valence-electron chi connectivity index (χ1n) is 9.36. The van der Waals surface area contributed by atoms with Crippen molar-refractivity contribution in [2.45, 2.75) is 52.1 Å². The minimum atomic E-state index is 0.0951. The van der Waals surface area contributed by atoms with Gasteiger partial charge in [-0.05, 0) is 45.2 Å². The molecule has 0 aromatic carbocycles. The summed E-state index contributed by atoms with van der Waals surface area (Å²) in [5, 5.41) is 12.6. The van der Waals surface area contributed by atoms with Crippen LogP contribution in [-0.2, 0) is 0 Å². The molecule has 0 spiro atoms. The zero-order chi connectivity index (χ0) is 18.7. The number of aromatic nitrogens is 4. The van der Waals surface area contributed by atoms with Crippen molar-refractivity contribution in [3.63, 3.8) is 0 Å². The van der Waals surface area contributed by atoms with Gasteiger partial charge in [-0.15, -0.1) is 5.10 Å². The van der Waals surface area contributed by atoms with Gasteiger partial charge in [0.05, 0.1) is 11.8 Å². The van der Waals surface area contributed by atoms with E-state index >= 15 is 0 Å². The molecule has 1 fully saturated rings. The zero-order valence-corrected chi connectivity index (χ0v) is 16.1. The van der Waals surface area contributed by atoms with Gasteiger partial charge >= 0.3 is 0 Å². The molecule has 1 amide bonds. The molecule has 1 unspecified atom stereocenters. The van der Waals surface area contributed by atoms with Crippen LogP contribution in [0.3, 0.4) is 0 Å². The topological polar surface area (TPSA) is 67.2 Å². The van der Waals surface area contributed by atoms with Crippen LogP contribution in [0.2, 0.25) is 0 Å². The third-order valence-corrected chi connectivity index (χ3v) is 5.50. The van der Waals surface area contributed by atoms with Crippen molar-refractivity contribution in [1.29, 1.82) is 0 Å². The molecule has 3 rings (SSSR count). The van der Waals surface area contributed by atoms with Crippen LogP contribution in [0.1, 0.15) is 55.2 Å². The Labute approximate surface area is 155 Å². The Bertz CT molecular complexity index is 736. The number of anilines is 1. The highest BCUT2D eigenvalue weighted by atomic mass is 16.2. The molecule has 0 aliphatic carbocycles. The van der Waals surface area contributed by atoms with Gasteiger partial charge in [0.25, 0.3) is 5.91 Å². The molecule has 3 heterocycles. The first kappa shape index (κ1) is 18.4. The fraction of sp³-hybridized carbons (Fsp3) is 0.579. The maximum Gasteiger partial charge on any atom is 0.257 e. The summed E-state index contributed by atoms with van der Waals surface area (Å²) in [6.45, 7) is 7.75. The number of likely N-dealkylation sites (tertiary alicyclic amines) is 1. The number of rotatable bonds is 5. The minimum Gasteiger partial charge on any atom is -0.355 e. The number of carbonyl (C=O) groups excluding carboxylic acids is 1. The molecule has 1 saturated heterocycles. The van der Waals surface area contributed by atoms with Gasteiger partial charge < -0.3 is 9.80 Å². The van der Waals surface area contributed by atoms with Crippen LogP contribution in [0.5, 0.6) is 0 Å². The second-order valence-electron chi connectivity index (χ2n) is 7.06. The Morgan fingerprint density at radius 1 is 1.38 bits per heavy atom. The van der Waals surface area contributed by atoms with E-state index in [4.69, 9.17) is 0 Å². The predicted molar refractivity (Wildman–Crippen MR) is 101 cm³/mol. The monoisotopic (exact) mass is 356 g/mol. The number of hydrogen-bond donors (Lipinski definition) is 0. The zero-order valence-electron chi connectivity index (χ0n) is 16.1. The lowest BCUT2D eigenvalue weighted by molar-refractivity contribution is 0.0712. The highest BCUT2D eigenvalue weighted by Gasteiger charge is 2.28. The van der Waals surface area contributed by atoms with Gasteiger partial charge in [-0.25, -0.2) is 0 Å². The first-order chi connectivity index (χ1) is 12.5. The number of carbonyl (C=O) groups is 1. The average Bonchev–Trinajstić information content (AvgIpc) is 3.08. The minimum absolute atomic E-state index is 0.0951. The lowest BCUT2D eigenvalue weighted by Crippen LogP contribution is -2.46. The van der Waals surface area contributed by atoms with Crippen LogP contribution >= 0.6 is 0 Å². The number of amides is 1. The molecule has 0 radical (unpaired) electrons. The summed E-state index contributed by atoms with van der Waals surface area (Å²) in [5.74, 6) is 0.973. The van der Waals surface area contributed by atoms with E-state index in [-0.39, 0.29) is 5.91 Å². The maximum atomic E-state index is 12.9. The van der Waals surface area contributed by atoms with E-state index in [1.54, 1.807) is 12.4 Å². The smallest absolute Gasteiger partial charge is 0.257 e. The van der Waals surface area contributed by atoms with E-state index in [9.17, 15) is 4.79 Å². The number of piperidine rings is 1. The Morgan fingerprint density at radius 3 is 2.73 bits per heavy atom. The lowest BCUT2D eigenvalue weighted by atomic mass is 10.0. The van der Waals surface area contributed by atoms with Gasteiger partial charge in [-0.2, -0.15) is 10.2 Å². The highest BCUT2D eigenvalue weighted by molar-refractivity contribution is 5.95. The molecule has 2 aromatic heterocycles. The molecular formula is C19H28N6O. The van der Waals surface area contributed by atoms with Crippen molar-refractivity contribution in [3.8, 4) is 0 Å². The Morgan fingerprint density at radius 2 is 2.12 bits per heavy atom. The van der Waals surface area contributed by atoms with Gasteiger partial charge in [0.15, 0.2) is 5.82 Å². The van der Waals surface area contributed by atoms with E-state index in [1.165, 1.54) is 0 Å². The van der Waals surface area contributed by atoms with Gasteiger partial charge in [-0.3, -0.25) is 9.48 Å². The third kappa shape index (κ3) is 3.57. The predicted octanol–water partition coefficient (Wildman–Crippen LogP) is 2.69. The summed E-state index contributed by atoms with van der Waals surface area (Å²) < 4.78 is 1.96. The Kier molecular flexibility index (Phi) is 5.54. The van der Waals surface area contributed by atoms with Crippen molar-refractivity contribution < 1.29 is 4.79 Å². The van der Waals surface area contributed by atoms with E-state index in [0.29, 0.717) is 12.1 Å². The number of hydrogen-bond acceptors (Lipinski definition) is 5. The van der Waals surface area contributed by atoms with Gasteiger partial charge in [0.2, 0.25) is 0 Å². The fourth-order valence-corrected chi connectivity index (χ4v) is 3.55. The molecule has 0 bridgehead atoms. The standard InChI is InChI=1S/C19H28N6O/c1-5-14(2)25-15(3)17(13-21-25)19(26)24-11-8-16(9-12-24)23(4)18-7-6-10-20-22-18/h6-7,10,13-14,16H,5,8-9,11-12H2,1-4H3. The summed E-state index contributed by atoms with van der Waals surface area (Å²) in [5.41, 5.74) is 1.69. The molecule has 0 N–H and O–H groups in total. The molecule has 0 saturated carbocycles. The summed E-state index contributed by atoms with van der Waals surface area (Å²) in [4.78, 5) is 17.0. The Hall–Kier alpha value is -2.44. The van der Waals surface area contributed by atoms with Crippen LogP contribution < -0.4 is 4.90 Å². The van der Waals surface area contributed by atoms with Crippen LogP contribution in [-0.4, -0.2) is 57.0 Å².